The largest absolute Gasteiger partial charge is 0.744 e. The quantitative estimate of drug-likeness (QED) is 0.0197. The van der Waals surface area contributed by atoms with Crippen LogP contribution in [0.3, 0.4) is 0 Å². The molecule has 0 bridgehead atoms. The summed E-state index contributed by atoms with van der Waals surface area (Å²) < 4.78 is 143. The molecule has 724 valence electrons. The maximum atomic E-state index is 11.9. The second-order valence-corrected chi connectivity index (χ2v) is 42.6. The van der Waals surface area contributed by atoms with Gasteiger partial charge in [0, 0.05) is 48.8 Å². The Kier molecular flexibility index (Phi) is 62.6. The van der Waals surface area contributed by atoms with Crippen LogP contribution in [-0.4, -0.2) is 79.2 Å². The van der Waals surface area contributed by atoms with Gasteiger partial charge in [-0.05, 0) is 193 Å². The van der Waals surface area contributed by atoms with Gasteiger partial charge in [-0.15, -0.1) is 0 Å². The number of benzene rings is 8. The fourth-order valence-corrected chi connectivity index (χ4v) is 21.6. The topological polar surface area (TPSA) is 229 Å². The van der Waals surface area contributed by atoms with E-state index < -0.39 is 40.5 Å². The van der Waals surface area contributed by atoms with E-state index in [1.807, 2.05) is 24.3 Å². The van der Waals surface area contributed by atoms with Gasteiger partial charge in [-0.3, -0.25) is 0 Å². The van der Waals surface area contributed by atoms with Gasteiger partial charge < -0.3 is 18.2 Å². The fraction of sp³-hybridized carbons (Fsp3) is 0.643. The van der Waals surface area contributed by atoms with Crippen LogP contribution >= 0.6 is 0 Å². The van der Waals surface area contributed by atoms with Crippen LogP contribution in [0.5, 0.6) is 0 Å². The molecule has 0 saturated heterocycles. The second-order valence-electron chi connectivity index (χ2n) is 37.2. The van der Waals surface area contributed by atoms with E-state index in [9.17, 15) is 51.9 Å². The van der Waals surface area contributed by atoms with Crippen molar-refractivity contribution in [2.75, 3.05) is 0 Å². The van der Waals surface area contributed by atoms with E-state index in [0.29, 0.717) is 21.5 Å². The fourth-order valence-electron chi connectivity index (χ4n) is 18.6. The van der Waals surface area contributed by atoms with Crippen molar-refractivity contribution < 1.29 is 51.9 Å². The number of aryl methyl sites for hydroxylation is 8. The summed E-state index contributed by atoms with van der Waals surface area (Å²) in [7, 11) is -18.0. The molecule has 8 aromatic carbocycles. The first kappa shape index (κ1) is 117. The SMILES string of the molecule is CCCCCCCCCc1cc(CCCCCCCCC)c2c(S(=O)(=O)[O-])cccc2c1.CCCCCCCCCc1cc(CCCCCCCCC)c2c(S(=O)(=O)[O-])cccc2c1.CCCCCCCCCc1cc(CCCCCCCCC)c2c(S(=O)(=O)[O-])cccc2c1.CCCCCCCCCc1cc(CCCCCCCCC)c2c(S(=O)(=O)[O-])cccc2c1.[Pb]. The second kappa shape index (κ2) is 69.2. The standard InChI is InChI=1S/4C28H44O3S.Pb/c4*1-3-5-7-9-11-13-15-18-24-22-25(19-16-14-12-10-8-6-4-2)28-26(23-24)20-17-21-27(28)32(29,30)31;/h4*17,20-23H,3-16,18-19H2,1-2H3,(H,29,30,31);/p-4. The molecule has 17 heteroatoms. The van der Waals surface area contributed by atoms with Crippen molar-refractivity contribution in [2.24, 2.45) is 0 Å². The Labute approximate surface area is 807 Å². The minimum atomic E-state index is -4.49. The van der Waals surface area contributed by atoms with Crippen LogP contribution in [0.4, 0.5) is 0 Å². The van der Waals surface area contributed by atoms with E-state index in [0.717, 1.165) is 172 Å². The predicted octanol–water partition coefficient (Wildman–Crippen LogP) is 32.9. The summed E-state index contributed by atoms with van der Waals surface area (Å²) in [5, 5.41) is 6.16. The van der Waals surface area contributed by atoms with Gasteiger partial charge in [0.25, 0.3) is 0 Å². The molecule has 0 fully saturated rings. The molecule has 0 aliphatic rings. The molecule has 0 unspecified atom stereocenters. The molecule has 4 radical (unpaired) electrons. The Hall–Kier alpha value is -4.64. The molecule has 8 aromatic rings. The van der Waals surface area contributed by atoms with Crippen LogP contribution in [0.15, 0.2) is 141 Å². The number of unbranched alkanes of at least 4 members (excludes halogenated alkanes) is 48. The molecule has 0 aliphatic heterocycles. The van der Waals surface area contributed by atoms with Gasteiger partial charge in [-0.25, -0.2) is 33.7 Å². The molecule has 0 N–H and O–H groups in total. The zero-order valence-corrected chi connectivity index (χ0v) is 89.0. The maximum Gasteiger partial charge on any atom is 0.125 e. The summed E-state index contributed by atoms with van der Waals surface area (Å²) in [6, 6.07) is 37.5. The van der Waals surface area contributed by atoms with E-state index in [2.05, 4.69) is 104 Å². The van der Waals surface area contributed by atoms with Gasteiger partial charge in [0.15, 0.2) is 0 Å². The van der Waals surface area contributed by atoms with Crippen molar-refractivity contribution in [2.45, 2.75) is 486 Å². The van der Waals surface area contributed by atoms with Crippen LogP contribution < -0.4 is 0 Å². The first-order valence-corrected chi connectivity index (χ1v) is 57.5. The number of rotatable bonds is 68. The van der Waals surface area contributed by atoms with Gasteiger partial charge in [0.2, 0.25) is 0 Å². The average Bonchev–Trinajstić information content (AvgIpc) is 0.791. The smallest absolute Gasteiger partial charge is 0.125 e. The molecule has 0 aliphatic carbocycles. The Morgan fingerprint density at radius 2 is 0.310 bits per heavy atom. The van der Waals surface area contributed by atoms with Crippen LogP contribution in [0, 0.1) is 0 Å². The van der Waals surface area contributed by atoms with E-state index in [-0.39, 0.29) is 46.9 Å². The molecular weight excluding hydrogens is 1870 g/mol. The first-order valence-electron chi connectivity index (χ1n) is 51.9. The normalized spacial score (nSPS) is 11.9. The van der Waals surface area contributed by atoms with Gasteiger partial charge in [0.05, 0.1) is 19.6 Å². The van der Waals surface area contributed by atoms with E-state index >= 15 is 0 Å². The molecule has 0 spiro atoms. The Balaban J connectivity index is 0.000000359. The average molecular weight is 2050 g/mol. The van der Waals surface area contributed by atoms with E-state index in [1.54, 1.807) is 24.3 Å². The Morgan fingerprint density at radius 3 is 0.450 bits per heavy atom. The Bertz CT molecular complexity index is 4220. The van der Waals surface area contributed by atoms with Crippen molar-refractivity contribution in [3.63, 3.8) is 0 Å². The summed E-state index contributed by atoms with van der Waals surface area (Å²) >= 11 is 0. The predicted molar refractivity (Wildman–Crippen MR) is 547 cm³/mol. The first-order chi connectivity index (χ1) is 61.9. The molecule has 129 heavy (non-hydrogen) atoms. The summed E-state index contributed by atoms with van der Waals surface area (Å²) in [6.45, 7) is 17.9. The molecule has 0 heterocycles. The molecule has 0 aromatic heterocycles. The third-order valence-corrected chi connectivity index (χ3v) is 29.4. The van der Waals surface area contributed by atoms with Gasteiger partial charge in [-0.1, -0.05) is 461 Å². The van der Waals surface area contributed by atoms with Crippen molar-refractivity contribution in [3.8, 4) is 0 Å². The van der Waals surface area contributed by atoms with Gasteiger partial charge in [0.1, 0.15) is 40.5 Å². The van der Waals surface area contributed by atoms with E-state index in [1.165, 1.54) is 329 Å². The van der Waals surface area contributed by atoms with Crippen molar-refractivity contribution in [3.05, 3.63) is 166 Å². The molecule has 8 rings (SSSR count). The van der Waals surface area contributed by atoms with Gasteiger partial charge in [-0.2, -0.15) is 0 Å². The molecule has 0 atom stereocenters. The number of hydrogen-bond donors (Lipinski definition) is 0. The van der Waals surface area contributed by atoms with Gasteiger partial charge >= 0.3 is 0 Å². The number of fused-ring (bicyclic) bond motifs is 4. The monoisotopic (exact) mass is 2050 g/mol. The molecule has 12 nitrogen and oxygen atoms in total. The summed E-state index contributed by atoms with van der Waals surface area (Å²) in [5.41, 5.74) is 9.20. The van der Waals surface area contributed by atoms with Crippen LogP contribution in [0.25, 0.3) is 43.1 Å². The summed E-state index contributed by atoms with van der Waals surface area (Å²) in [5.74, 6) is 0. The number of hydrogen-bond acceptors (Lipinski definition) is 12. The maximum absolute atomic E-state index is 11.9. The molecular formula is C112H172O12PbS4-4. The van der Waals surface area contributed by atoms with Crippen LogP contribution in [-0.2, 0) is 91.8 Å². The minimum Gasteiger partial charge on any atom is -0.744 e. The summed E-state index contributed by atoms with van der Waals surface area (Å²) in [4.78, 5) is -0.239. The zero-order chi connectivity index (χ0) is 92.9. The summed E-state index contributed by atoms with van der Waals surface area (Å²) in [6.07, 6.45) is 77.4. The third kappa shape index (κ3) is 47.6. The van der Waals surface area contributed by atoms with Crippen molar-refractivity contribution in [1.82, 2.24) is 0 Å². The molecule has 0 saturated carbocycles. The van der Waals surface area contributed by atoms with Crippen LogP contribution in [0.1, 0.15) is 459 Å². The van der Waals surface area contributed by atoms with E-state index in [4.69, 9.17) is 0 Å². The molecule has 0 amide bonds. The third-order valence-electron chi connectivity index (χ3n) is 25.9. The Morgan fingerprint density at radius 1 is 0.178 bits per heavy atom. The zero-order valence-electron chi connectivity index (χ0n) is 81.8. The van der Waals surface area contributed by atoms with Crippen LogP contribution in [0.2, 0.25) is 0 Å². The van der Waals surface area contributed by atoms with Crippen molar-refractivity contribution >= 4 is 111 Å². The van der Waals surface area contributed by atoms with Crippen molar-refractivity contribution in [1.29, 1.82) is 0 Å². The minimum absolute atomic E-state index is 0.